The smallest absolute Gasteiger partial charge is 0.208 e. The molecular formula is C8H18NO6+. The van der Waals surface area contributed by atoms with E-state index in [0.717, 1.165) is 0 Å². The molecule has 0 aliphatic carbocycles. The zero-order valence-electron chi connectivity index (χ0n) is 8.74. The summed E-state index contributed by atoms with van der Waals surface area (Å²) in [6.45, 7) is -0.375. The molecule has 1 aliphatic rings. The van der Waals surface area contributed by atoms with Crippen LogP contribution in [0.2, 0.25) is 0 Å². The topological polar surface area (TPSA) is 108 Å². The Bertz CT molecular complexity index is 202. The van der Waals surface area contributed by atoms with Gasteiger partial charge < -0.3 is 25.1 Å². The summed E-state index contributed by atoms with van der Waals surface area (Å²) in [5.74, 6) is 0. The Kier molecular flexibility index (Phi) is 4.41. The molecule has 0 bridgehead atoms. The molecule has 7 nitrogen and oxygen atoms in total. The van der Waals surface area contributed by atoms with Crippen molar-refractivity contribution in [2.45, 2.75) is 30.6 Å². The van der Waals surface area contributed by atoms with Crippen molar-refractivity contribution in [2.75, 3.05) is 20.8 Å². The van der Waals surface area contributed by atoms with Gasteiger partial charge in [-0.3, -0.25) is 5.26 Å². The summed E-state index contributed by atoms with van der Waals surface area (Å²) >= 11 is 0. The Morgan fingerprint density at radius 2 is 2.07 bits per heavy atom. The molecule has 0 aromatic heterocycles. The first-order valence-corrected chi connectivity index (χ1v) is 4.59. The molecular weight excluding hydrogens is 206 g/mol. The van der Waals surface area contributed by atoms with E-state index in [4.69, 9.17) is 20.8 Å². The van der Waals surface area contributed by atoms with Crippen LogP contribution in [0.1, 0.15) is 0 Å². The van der Waals surface area contributed by atoms with Gasteiger partial charge in [0.05, 0.1) is 6.61 Å². The fourth-order valence-corrected chi connectivity index (χ4v) is 1.80. The minimum atomic E-state index is -1.20. The number of rotatable bonds is 3. The molecule has 5 atom stereocenters. The van der Waals surface area contributed by atoms with Crippen LogP contribution >= 0.6 is 0 Å². The highest BCUT2D eigenvalue weighted by Gasteiger charge is 2.50. The average molecular weight is 224 g/mol. The van der Waals surface area contributed by atoms with Crippen molar-refractivity contribution in [2.24, 2.45) is 5.73 Å². The molecule has 1 fully saturated rings. The lowest BCUT2D eigenvalue weighted by atomic mass is 9.97. The van der Waals surface area contributed by atoms with Crippen LogP contribution in [0.5, 0.6) is 0 Å². The van der Waals surface area contributed by atoms with E-state index >= 15 is 0 Å². The maximum absolute atomic E-state index is 9.48. The van der Waals surface area contributed by atoms with E-state index in [-0.39, 0.29) is 6.61 Å². The third-order valence-electron chi connectivity index (χ3n) is 2.56. The van der Waals surface area contributed by atoms with E-state index in [9.17, 15) is 5.11 Å². The molecule has 1 heterocycles. The number of hydrogen-bond donors (Lipinski definition) is 4. The van der Waals surface area contributed by atoms with Crippen LogP contribution < -0.4 is 5.73 Å². The van der Waals surface area contributed by atoms with Crippen LogP contribution in [0.4, 0.5) is 0 Å². The van der Waals surface area contributed by atoms with Crippen molar-refractivity contribution < 1.29 is 29.5 Å². The third-order valence-corrected chi connectivity index (χ3v) is 2.56. The number of hydrogen-bond acceptors (Lipinski definition) is 6. The summed E-state index contributed by atoms with van der Waals surface area (Å²) in [6, 6.07) is -0.745. The van der Waals surface area contributed by atoms with E-state index in [0.29, 0.717) is 0 Å². The maximum Gasteiger partial charge on any atom is 0.208 e. The van der Waals surface area contributed by atoms with Gasteiger partial charge in [-0.05, 0) is 0 Å². The minimum Gasteiger partial charge on any atom is -0.421 e. The fourth-order valence-electron chi connectivity index (χ4n) is 1.80. The van der Waals surface area contributed by atoms with Gasteiger partial charge in [0.15, 0.2) is 12.4 Å². The molecule has 1 rings (SSSR count). The summed E-state index contributed by atoms with van der Waals surface area (Å²) in [6.07, 6.45) is -3.36. The second-order valence-electron chi connectivity index (χ2n) is 3.74. The van der Waals surface area contributed by atoms with Crippen LogP contribution in [0.3, 0.4) is 0 Å². The molecule has 7 heteroatoms. The Balaban J connectivity index is 2.85. The Morgan fingerprint density at radius 3 is 2.47 bits per heavy atom. The second-order valence-corrected chi connectivity index (χ2v) is 3.74. The molecule has 5 N–H and O–H groups in total. The summed E-state index contributed by atoms with van der Waals surface area (Å²) < 4.78 is 7.50. The zero-order valence-corrected chi connectivity index (χ0v) is 8.74. The molecule has 0 spiro atoms. The molecule has 1 saturated heterocycles. The lowest BCUT2D eigenvalue weighted by molar-refractivity contribution is -0.378. The highest BCUT2D eigenvalue weighted by atomic mass is 17.1. The molecule has 0 aromatic rings. The van der Waals surface area contributed by atoms with E-state index in [2.05, 4.69) is 9.25 Å². The van der Waals surface area contributed by atoms with Crippen molar-refractivity contribution >= 4 is 0 Å². The molecule has 90 valence electrons. The molecule has 0 radical (unpaired) electrons. The zero-order chi connectivity index (χ0) is 11.6. The molecule has 15 heavy (non-hydrogen) atoms. The predicted molar refractivity (Wildman–Crippen MR) is 50.2 cm³/mol. The van der Waals surface area contributed by atoms with E-state index in [1.807, 2.05) is 0 Å². The maximum atomic E-state index is 9.48. The quantitative estimate of drug-likeness (QED) is 0.252. The molecule has 0 unspecified atom stereocenters. The number of aliphatic hydroxyl groups excluding tert-OH is 2. The van der Waals surface area contributed by atoms with Crippen molar-refractivity contribution in [3.63, 3.8) is 0 Å². The van der Waals surface area contributed by atoms with Gasteiger partial charge in [-0.1, -0.05) is 0 Å². The van der Waals surface area contributed by atoms with Gasteiger partial charge in [-0.2, -0.15) is 0 Å². The van der Waals surface area contributed by atoms with Crippen molar-refractivity contribution in [1.82, 2.24) is 0 Å². The van der Waals surface area contributed by atoms with Gasteiger partial charge in [0, 0.05) is 0 Å². The third kappa shape index (κ3) is 2.45. The van der Waals surface area contributed by atoms with Gasteiger partial charge in [0.2, 0.25) is 6.10 Å². The van der Waals surface area contributed by atoms with Gasteiger partial charge in [0.25, 0.3) is 0 Å². The Hall–Kier alpha value is -0.280. The first-order valence-electron chi connectivity index (χ1n) is 4.59. The first kappa shape index (κ1) is 12.8. The predicted octanol–water partition coefficient (Wildman–Crippen LogP) is -1.94. The van der Waals surface area contributed by atoms with Crippen LogP contribution in [-0.2, 0) is 14.0 Å². The number of nitrogens with two attached hydrogens (primary N) is 1. The monoisotopic (exact) mass is 224 g/mol. The largest absolute Gasteiger partial charge is 0.421 e. The van der Waals surface area contributed by atoms with E-state index < -0.39 is 30.6 Å². The van der Waals surface area contributed by atoms with Crippen LogP contribution in [0, 0.1) is 0 Å². The van der Waals surface area contributed by atoms with Gasteiger partial charge in [-0.15, -0.1) is 0 Å². The van der Waals surface area contributed by atoms with Crippen LogP contribution in [0.15, 0.2) is 0 Å². The fraction of sp³-hybridized carbons (Fsp3) is 1.00. The normalized spacial score (nSPS) is 42.2. The summed E-state index contributed by atoms with van der Waals surface area (Å²) in [7, 11) is 3.31. The van der Waals surface area contributed by atoms with Gasteiger partial charge >= 0.3 is 0 Å². The first-order chi connectivity index (χ1) is 7.02. The number of aliphatic hydroxyl groups is 2. The lowest BCUT2D eigenvalue weighted by Gasteiger charge is -2.41. The average Bonchev–Trinajstić information content (AvgIpc) is 2.20. The molecule has 0 saturated carbocycles. The SMILES string of the molecule is C[O+](C)[C@@H]1[C@@H](N)[C@H](O)O[C@H](CO)[C@H]1OO. The summed E-state index contributed by atoms with van der Waals surface area (Å²) in [4.78, 5) is 4.25. The van der Waals surface area contributed by atoms with Crippen LogP contribution in [-0.4, -0.2) is 66.9 Å². The van der Waals surface area contributed by atoms with Gasteiger partial charge in [0.1, 0.15) is 26.4 Å². The summed E-state index contributed by atoms with van der Waals surface area (Å²) in [5.41, 5.74) is 5.70. The lowest BCUT2D eigenvalue weighted by Crippen LogP contribution is -2.64. The van der Waals surface area contributed by atoms with Gasteiger partial charge in [-0.25, -0.2) is 4.89 Å². The van der Waals surface area contributed by atoms with E-state index in [1.54, 1.807) is 14.2 Å². The minimum absolute atomic E-state index is 0.375. The van der Waals surface area contributed by atoms with Crippen molar-refractivity contribution in [3.05, 3.63) is 0 Å². The standard InChI is InChI=1S/C8H17NO6/c1-15(2)7-5(9)8(11)13-4(3-10)6(7)14-12/h4-8,10-11H,3,9H2,1-2H3/p+1/t4-,5-,6-,7-,8-/m1/s1. The molecule has 1 aliphatic heterocycles. The molecule has 0 aromatic carbocycles. The number of ether oxygens (including phenoxy) is 1. The Morgan fingerprint density at radius 1 is 1.47 bits per heavy atom. The van der Waals surface area contributed by atoms with E-state index in [1.165, 1.54) is 0 Å². The Labute approximate surface area is 87.6 Å². The van der Waals surface area contributed by atoms with Crippen molar-refractivity contribution in [3.8, 4) is 0 Å². The van der Waals surface area contributed by atoms with Crippen molar-refractivity contribution in [1.29, 1.82) is 0 Å². The van der Waals surface area contributed by atoms with Crippen LogP contribution in [0.25, 0.3) is 0 Å². The second kappa shape index (κ2) is 5.17. The molecule has 0 amide bonds. The highest BCUT2D eigenvalue weighted by molar-refractivity contribution is 4.93. The highest BCUT2D eigenvalue weighted by Crippen LogP contribution is 2.25. The summed E-state index contributed by atoms with van der Waals surface area (Å²) in [5, 5.41) is 27.2.